The van der Waals surface area contributed by atoms with E-state index in [1.807, 2.05) is 48.7 Å². The highest BCUT2D eigenvalue weighted by atomic mass is 35.5. The summed E-state index contributed by atoms with van der Waals surface area (Å²) in [5.41, 5.74) is 5.86. The van der Waals surface area contributed by atoms with Crippen LogP contribution in [0.25, 0.3) is 10.9 Å². The highest BCUT2D eigenvalue weighted by Gasteiger charge is 2.15. The van der Waals surface area contributed by atoms with Crippen LogP contribution in [0, 0.1) is 6.92 Å². The number of aryl methyl sites for hydroxylation is 1. The minimum Gasteiger partial charge on any atom is -0.362 e. The second-order valence-corrected chi connectivity index (χ2v) is 8.70. The van der Waals surface area contributed by atoms with Crippen molar-refractivity contribution in [2.24, 2.45) is 0 Å². The van der Waals surface area contributed by atoms with Gasteiger partial charge in [-0.2, -0.15) is 0 Å². The summed E-state index contributed by atoms with van der Waals surface area (Å²) >= 11 is 12.1. The highest BCUT2D eigenvalue weighted by molar-refractivity contribution is 7.80. The van der Waals surface area contributed by atoms with Crippen molar-refractivity contribution in [3.63, 3.8) is 0 Å². The Morgan fingerprint density at radius 2 is 1.88 bits per heavy atom. The van der Waals surface area contributed by atoms with Crippen molar-refractivity contribution in [1.29, 1.82) is 0 Å². The van der Waals surface area contributed by atoms with Gasteiger partial charge in [0.15, 0.2) is 5.11 Å². The van der Waals surface area contributed by atoms with Gasteiger partial charge in [-0.05, 0) is 73.4 Å². The number of H-pyrrole nitrogens is 1. The van der Waals surface area contributed by atoms with E-state index in [0.29, 0.717) is 6.54 Å². The molecule has 164 valence electrons. The molecule has 0 spiro atoms. The van der Waals surface area contributed by atoms with Gasteiger partial charge in [0.1, 0.15) is 0 Å². The fraction of sp³-hybridized carbons (Fsp3) is 0.231. The van der Waals surface area contributed by atoms with Crippen LogP contribution in [-0.4, -0.2) is 33.1 Å². The molecule has 0 atom stereocenters. The Bertz CT molecular complexity index is 1170. The van der Waals surface area contributed by atoms with E-state index in [0.717, 1.165) is 47.3 Å². The highest BCUT2D eigenvalue weighted by Crippen LogP contribution is 2.26. The number of thiocarbonyl (C=S) groups is 1. The summed E-state index contributed by atoms with van der Waals surface area (Å²) < 4.78 is 0. The standard InChI is InChI=1S/C26H27ClN4S/c1-19-23(24-17-21(27)10-11-25(24)30-19)13-16-31(18-22-9-5-6-14-28-22)26(32)29-15-12-20-7-3-2-4-8-20/h2-11,14,17,30H,12-13,15-16,18H2,1H3,(H,29,32). The number of fused-ring (bicyclic) bond motifs is 1. The number of nitrogens with zero attached hydrogens (tertiary/aromatic N) is 2. The first-order valence-corrected chi connectivity index (χ1v) is 11.6. The molecule has 0 fully saturated rings. The molecule has 2 N–H and O–H groups in total. The van der Waals surface area contributed by atoms with Crippen molar-refractivity contribution in [2.75, 3.05) is 13.1 Å². The Morgan fingerprint density at radius 1 is 1.06 bits per heavy atom. The zero-order valence-corrected chi connectivity index (χ0v) is 19.7. The van der Waals surface area contributed by atoms with Crippen molar-refractivity contribution in [3.8, 4) is 0 Å². The zero-order chi connectivity index (χ0) is 22.3. The molecule has 0 saturated heterocycles. The van der Waals surface area contributed by atoms with Gasteiger partial charge in [-0.1, -0.05) is 48.0 Å². The van der Waals surface area contributed by atoms with E-state index >= 15 is 0 Å². The molecule has 0 bridgehead atoms. The van der Waals surface area contributed by atoms with Crippen LogP contribution in [0.1, 0.15) is 22.5 Å². The van der Waals surface area contributed by atoms with Crippen LogP contribution in [0.4, 0.5) is 0 Å². The second-order valence-electron chi connectivity index (χ2n) is 7.88. The lowest BCUT2D eigenvalue weighted by atomic mass is 10.1. The first kappa shape index (κ1) is 22.3. The second kappa shape index (κ2) is 10.6. The third-order valence-electron chi connectivity index (χ3n) is 5.61. The first-order chi connectivity index (χ1) is 15.6. The maximum Gasteiger partial charge on any atom is 0.169 e. The van der Waals surface area contributed by atoms with Crippen molar-refractivity contribution in [1.82, 2.24) is 20.2 Å². The number of benzene rings is 2. The average Bonchev–Trinajstić information content (AvgIpc) is 3.12. The van der Waals surface area contributed by atoms with Gasteiger partial charge >= 0.3 is 0 Å². The molecule has 4 rings (SSSR count). The topological polar surface area (TPSA) is 44.0 Å². The Morgan fingerprint density at radius 3 is 2.66 bits per heavy atom. The predicted molar refractivity (Wildman–Crippen MR) is 137 cm³/mol. The summed E-state index contributed by atoms with van der Waals surface area (Å²) in [5.74, 6) is 0. The lowest BCUT2D eigenvalue weighted by Gasteiger charge is -2.26. The number of aromatic nitrogens is 2. The van der Waals surface area contributed by atoms with Gasteiger partial charge in [-0.3, -0.25) is 4.98 Å². The molecule has 4 aromatic rings. The number of nitrogens with one attached hydrogen (secondary N) is 2. The molecular formula is C26H27ClN4S. The zero-order valence-electron chi connectivity index (χ0n) is 18.1. The molecule has 4 nitrogen and oxygen atoms in total. The molecule has 0 saturated carbocycles. The Balaban J connectivity index is 1.46. The van der Waals surface area contributed by atoms with E-state index < -0.39 is 0 Å². The van der Waals surface area contributed by atoms with Gasteiger partial charge in [-0.15, -0.1) is 0 Å². The molecule has 2 aromatic carbocycles. The van der Waals surface area contributed by atoms with Crippen LogP contribution in [0.5, 0.6) is 0 Å². The van der Waals surface area contributed by atoms with E-state index in [-0.39, 0.29) is 0 Å². The fourth-order valence-corrected chi connectivity index (χ4v) is 4.36. The number of aromatic amines is 1. The minimum absolute atomic E-state index is 0.667. The van der Waals surface area contributed by atoms with Gasteiger partial charge in [0.05, 0.1) is 12.2 Å². The van der Waals surface area contributed by atoms with Crippen LogP contribution in [0.3, 0.4) is 0 Å². The van der Waals surface area contributed by atoms with Crippen LogP contribution < -0.4 is 5.32 Å². The maximum absolute atomic E-state index is 6.26. The van der Waals surface area contributed by atoms with Crippen molar-refractivity contribution in [2.45, 2.75) is 26.3 Å². The monoisotopic (exact) mass is 462 g/mol. The molecule has 6 heteroatoms. The summed E-state index contributed by atoms with van der Waals surface area (Å²) in [6, 6.07) is 22.4. The normalized spacial score (nSPS) is 10.9. The van der Waals surface area contributed by atoms with E-state index in [9.17, 15) is 0 Å². The van der Waals surface area contributed by atoms with E-state index in [1.54, 1.807) is 0 Å². The van der Waals surface area contributed by atoms with Crippen LogP contribution in [0.15, 0.2) is 72.9 Å². The van der Waals surface area contributed by atoms with Gasteiger partial charge in [0, 0.05) is 40.9 Å². The molecule has 0 aliphatic carbocycles. The smallest absolute Gasteiger partial charge is 0.169 e. The third-order valence-corrected chi connectivity index (χ3v) is 6.25. The molecule has 0 amide bonds. The van der Waals surface area contributed by atoms with E-state index in [2.05, 4.69) is 51.4 Å². The van der Waals surface area contributed by atoms with E-state index in [1.165, 1.54) is 22.2 Å². The van der Waals surface area contributed by atoms with Crippen molar-refractivity contribution in [3.05, 3.63) is 100 Å². The van der Waals surface area contributed by atoms with Crippen LogP contribution in [-0.2, 0) is 19.4 Å². The van der Waals surface area contributed by atoms with Crippen LogP contribution >= 0.6 is 23.8 Å². The van der Waals surface area contributed by atoms with Crippen molar-refractivity contribution < 1.29 is 0 Å². The summed E-state index contributed by atoms with van der Waals surface area (Å²) in [6.45, 7) is 4.36. The van der Waals surface area contributed by atoms with E-state index in [4.69, 9.17) is 23.8 Å². The molecule has 0 aliphatic heterocycles. The van der Waals surface area contributed by atoms with Gasteiger partial charge < -0.3 is 15.2 Å². The van der Waals surface area contributed by atoms with Gasteiger partial charge in [0.25, 0.3) is 0 Å². The first-order valence-electron chi connectivity index (χ1n) is 10.8. The Hall–Kier alpha value is -2.89. The summed E-state index contributed by atoms with van der Waals surface area (Å²) in [7, 11) is 0. The summed E-state index contributed by atoms with van der Waals surface area (Å²) in [6.07, 6.45) is 3.61. The maximum atomic E-state index is 6.26. The molecule has 2 aromatic heterocycles. The SMILES string of the molecule is Cc1[nH]c2ccc(Cl)cc2c1CCN(Cc1ccccn1)C(=S)NCCc1ccccc1. The van der Waals surface area contributed by atoms with Crippen LogP contribution in [0.2, 0.25) is 5.02 Å². The van der Waals surface area contributed by atoms with Crippen molar-refractivity contribution >= 4 is 39.8 Å². The molecule has 0 unspecified atom stereocenters. The number of pyridine rings is 1. The Labute approximate surface area is 199 Å². The van der Waals surface area contributed by atoms with Gasteiger partial charge in [-0.25, -0.2) is 0 Å². The molecule has 0 radical (unpaired) electrons. The fourth-order valence-electron chi connectivity index (χ4n) is 3.93. The lowest BCUT2D eigenvalue weighted by molar-refractivity contribution is 0.404. The quantitative estimate of drug-likeness (QED) is 0.330. The predicted octanol–water partition coefficient (Wildman–Crippen LogP) is 5.69. The minimum atomic E-state index is 0.667. The largest absolute Gasteiger partial charge is 0.362 e. The van der Waals surface area contributed by atoms with Gasteiger partial charge in [0.2, 0.25) is 0 Å². The third kappa shape index (κ3) is 5.67. The number of rotatable bonds is 8. The lowest BCUT2D eigenvalue weighted by Crippen LogP contribution is -2.41. The average molecular weight is 463 g/mol. The molecular weight excluding hydrogens is 436 g/mol. The number of hydrogen-bond acceptors (Lipinski definition) is 2. The summed E-state index contributed by atoms with van der Waals surface area (Å²) in [4.78, 5) is 10.2. The molecule has 0 aliphatic rings. The summed E-state index contributed by atoms with van der Waals surface area (Å²) in [5, 5.41) is 6.12. The number of hydrogen-bond donors (Lipinski definition) is 2. The molecule has 2 heterocycles. The number of halogens is 1. The Kier molecular flexibility index (Phi) is 7.40. The molecule has 32 heavy (non-hydrogen) atoms.